The summed E-state index contributed by atoms with van der Waals surface area (Å²) in [6.07, 6.45) is 4.88. The van der Waals surface area contributed by atoms with Crippen LogP contribution in [0.2, 0.25) is 0 Å². The van der Waals surface area contributed by atoms with E-state index in [2.05, 4.69) is 20.9 Å². The van der Waals surface area contributed by atoms with Crippen molar-refractivity contribution >= 4 is 46.9 Å². The van der Waals surface area contributed by atoms with Crippen LogP contribution >= 0.6 is 11.8 Å². The number of hydrogen-bond acceptors (Lipinski definition) is 5. The van der Waals surface area contributed by atoms with Crippen molar-refractivity contribution in [2.24, 2.45) is 0 Å². The van der Waals surface area contributed by atoms with Gasteiger partial charge < -0.3 is 16.0 Å². The van der Waals surface area contributed by atoms with E-state index in [0.717, 1.165) is 21.6 Å². The quantitative estimate of drug-likeness (QED) is 0.123. The van der Waals surface area contributed by atoms with Crippen LogP contribution in [0, 0.1) is 0 Å². The smallest absolute Gasteiger partial charge is 0.272 e. The van der Waals surface area contributed by atoms with Crippen molar-refractivity contribution in [3.8, 4) is 11.1 Å². The number of carbonyl (C=O) groups excluding carboxylic acids is 3. The number of benzene rings is 4. The van der Waals surface area contributed by atoms with Crippen molar-refractivity contribution in [3.05, 3.63) is 151 Å². The van der Waals surface area contributed by atoms with E-state index in [1.165, 1.54) is 11.8 Å². The molecule has 0 aliphatic carbocycles. The third kappa shape index (κ3) is 8.51. The van der Waals surface area contributed by atoms with Gasteiger partial charge in [-0.2, -0.15) is 0 Å². The minimum absolute atomic E-state index is 0.104. The summed E-state index contributed by atoms with van der Waals surface area (Å²) in [6, 6.07) is 37.1. The Balaban J connectivity index is 1.27. The Morgan fingerprint density at radius 1 is 0.651 bits per heavy atom. The third-order valence-corrected chi connectivity index (χ3v) is 7.32. The summed E-state index contributed by atoms with van der Waals surface area (Å²) in [6.45, 7) is 0. The van der Waals surface area contributed by atoms with Crippen LogP contribution in [-0.4, -0.2) is 28.5 Å². The number of anilines is 2. The predicted octanol–water partition coefficient (Wildman–Crippen LogP) is 6.89. The second kappa shape index (κ2) is 14.4. The van der Waals surface area contributed by atoms with Crippen molar-refractivity contribution in [3.63, 3.8) is 0 Å². The molecule has 1 heterocycles. The summed E-state index contributed by atoms with van der Waals surface area (Å²) in [5.74, 6) is -0.752. The van der Waals surface area contributed by atoms with E-state index in [-0.39, 0.29) is 23.3 Å². The number of hydrogen-bond donors (Lipinski definition) is 3. The lowest BCUT2D eigenvalue weighted by Crippen LogP contribution is -2.30. The monoisotopic (exact) mass is 584 g/mol. The number of aromatic nitrogens is 1. The lowest BCUT2D eigenvalue weighted by molar-refractivity contribution is -0.114. The highest BCUT2D eigenvalue weighted by atomic mass is 32.2. The zero-order chi connectivity index (χ0) is 29.9. The van der Waals surface area contributed by atoms with Crippen molar-refractivity contribution in [2.75, 3.05) is 16.4 Å². The van der Waals surface area contributed by atoms with Gasteiger partial charge in [-0.05, 0) is 71.3 Å². The first kappa shape index (κ1) is 29.0. The fourth-order valence-electron chi connectivity index (χ4n) is 4.13. The molecule has 7 nitrogen and oxygen atoms in total. The Labute approximate surface area is 254 Å². The molecule has 212 valence electrons. The van der Waals surface area contributed by atoms with Crippen LogP contribution in [0.3, 0.4) is 0 Å². The Kier molecular flexibility index (Phi) is 9.74. The Morgan fingerprint density at radius 2 is 1.26 bits per heavy atom. The van der Waals surface area contributed by atoms with Crippen molar-refractivity contribution in [2.45, 2.75) is 4.90 Å². The number of thioether (sulfide) groups is 1. The lowest BCUT2D eigenvalue weighted by Gasteiger charge is -2.12. The lowest BCUT2D eigenvalue weighted by atomic mass is 10.0. The van der Waals surface area contributed by atoms with Gasteiger partial charge in [-0.25, -0.2) is 0 Å². The van der Waals surface area contributed by atoms with E-state index in [4.69, 9.17) is 0 Å². The molecule has 0 atom stereocenters. The molecular weight excluding hydrogens is 556 g/mol. The second-order valence-electron chi connectivity index (χ2n) is 9.42. The number of nitrogens with zero attached hydrogens (tertiary/aromatic N) is 1. The Bertz CT molecular complexity index is 1710. The van der Waals surface area contributed by atoms with Crippen molar-refractivity contribution in [1.82, 2.24) is 10.3 Å². The van der Waals surface area contributed by atoms with Crippen LogP contribution in [0.1, 0.15) is 15.9 Å². The largest absolute Gasteiger partial charge is 0.325 e. The zero-order valence-corrected chi connectivity index (χ0v) is 23.9. The molecule has 0 unspecified atom stereocenters. The Hall–Kier alpha value is -5.47. The SMILES string of the molecule is O=C(CSc1ccc(NC(=O)/C(=C/c2ccc(-c3ccccc3)cc2)NC(=O)c2ccccc2)cc1)Nc1ccncc1. The maximum atomic E-state index is 13.4. The molecule has 43 heavy (non-hydrogen) atoms. The molecule has 0 bridgehead atoms. The molecular formula is C35H28N4O3S. The van der Waals surface area contributed by atoms with E-state index >= 15 is 0 Å². The number of amides is 3. The normalized spacial score (nSPS) is 10.9. The van der Waals surface area contributed by atoms with Gasteiger partial charge in [-0.15, -0.1) is 11.8 Å². The molecule has 0 aliphatic rings. The molecule has 0 fully saturated rings. The summed E-state index contributed by atoms with van der Waals surface area (Å²) in [7, 11) is 0. The van der Waals surface area contributed by atoms with Gasteiger partial charge in [0.25, 0.3) is 11.8 Å². The number of rotatable bonds is 10. The fourth-order valence-corrected chi connectivity index (χ4v) is 4.82. The fraction of sp³-hybridized carbons (Fsp3) is 0.0286. The van der Waals surface area contributed by atoms with Crippen LogP contribution in [0.25, 0.3) is 17.2 Å². The van der Waals surface area contributed by atoms with E-state index in [1.54, 1.807) is 67.0 Å². The van der Waals surface area contributed by atoms with Crippen LogP contribution in [0.5, 0.6) is 0 Å². The van der Waals surface area contributed by atoms with E-state index < -0.39 is 5.91 Å². The van der Waals surface area contributed by atoms with Gasteiger partial charge >= 0.3 is 0 Å². The highest BCUT2D eigenvalue weighted by Crippen LogP contribution is 2.22. The van der Waals surface area contributed by atoms with Crippen molar-refractivity contribution < 1.29 is 14.4 Å². The average molecular weight is 585 g/mol. The van der Waals surface area contributed by atoms with Gasteiger partial charge in [0.2, 0.25) is 5.91 Å². The molecule has 5 rings (SSSR count). The maximum Gasteiger partial charge on any atom is 0.272 e. The third-order valence-electron chi connectivity index (χ3n) is 6.30. The topological polar surface area (TPSA) is 100 Å². The van der Waals surface area contributed by atoms with E-state index in [9.17, 15) is 14.4 Å². The highest BCUT2D eigenvalue weighted by Gasteiger charge is 2.15. The van der Waals surface area contributed by atoms with Gasteiger partial charge in [0.15, 0.2) is 0 Å². The van der Waals surface area contributed by atoms with Crippen LogP contribution < -0.4 is 16.0 Å². The molecule has 3 N–H and O–H groups in total. The molecule has 3 amide bonds. The van der Waals surface area contributed by atoms with Crippen LogP contribution in [0.15, 0.2) is 144 Å². The Morgan fingerprint density at radius 3 is 1.93 bits per heavy atom. The number of nitrogens with one attached hydrogen (secondary N) is 3. The van der Waals surface area contributed by atoms with Gasteiger partial charge in [-0.3, -0.25) is 19.4 Å². The van der Waals surface area contributed by atoms with Crippen molar-refractivity contribution in [1.29, 1.82) is 0 Å². The minimum Gasteiger partial charge on any atom is -0.325 e. The summed E-state index contributed by atoms with van der Waals surface area (Å²) in [5.41, 5.74) is 4.68. The van der Waals surface area contributed by atoms with E-state index in [0.29, 0.717) is 16.9 Å². The van der Waals surface area contributed by atoms with Crippen LogP contribution in [0.4, 0.5) is 11.4 Å². The number of pyridine rings is 1. The first-order chi connectivity index (χ1) is 21.0. The van der Waals surface area contributed by atoms with Gasteiger partial charge in [0.1, 0.15) is 5.70 Å². The molecule has 4 aromatic carbocycles. The molecule has 0 spiro atoms. The van der Waals surface area contributed by atoms with Gasteiger partial charge in [-0.1, -0.05) is 72.8 Å². The summed E-state index contributed by atoms with van der Waals surface area (Å²) in [4.78, 5) is 43.4. The van der Waals surface area contributed by atoms with Gasteiger partial charge in [0.05, 0.1) is 5.75 Å². The minimum atomic E-state index is -0.464. The second-order valence-corrected chi connectivity index (χ2v) is 10.5. The molecule has 1 aromatic heterocycles. The van der Waals surface area contributed by atoms with E-state index in [1.807, 2.05) is 72.8 Å². The zero-order valence-electron chi connectivity index (χ0n) is 23.1. The predicted molar refractivity (Wildman–Crippen MR) is 172 cm³/mol. The molecule has 0 aliphatic heterocycles. The maximum absolute atomic E-state index is 13.4. The molecule has 0 saturated heterocycles. The van der Waals surface area contributed by atoms with Gasteiger partial charge in [0, 0.05) is 34.2 Å². The molecule has 0 radical (unpaired) electrons. The first-order valence-electron chi connectivity index (χ1n) is 13.5. The first-order valence-corrected chi connectivity index (χ1v) is 14.5. The summed E-state index contributed by atoms with van der Waals surface area (Å²) in [5, 5.41) is 8.46. The highest BCUT2D eigenvalue weighted by molar-refractivity contribution is 8.00. The standard InChI is InChI=1S/C35H28N4O3S/c40-33(37-30-19-21-36-22-20-30)24-43-31-17-15-29(16-18-31)38-35(42)32(39-34(41)28-9-5-2-6-10-28)23-25-11-13-27(14-12-25)26-7-3-1-4-8-26/h1-23H,24H2,(H,38,42)(H,39,41)(H,36,37,40)/b32-23-. The number of carbonyl (C=O) groups is 3. The summed E-state index contributed by atoms with van der Waals surface area (Å²) >= 11 is 1.38. The molecule has 0 saturated carbocycles. The van der Waals surface area contributed by atoms with Crippen LogP contribution in [-0.2, 0) is 9.59 Å². The summed E-state index contributed by atoms with van der Waals surface area (Å²) < 4.78 is 0. The molecule has 8 heteroatoms. The molecule has 5 aromatic rings. The average Bonchev–Trinajstić information content (AvgIpc) is 3.05.